The normalized spacial score (nSPS) is 17.1. The molecule has 3 aromatic rings. The van der Waals surface area contributed by atoms with Gasteiger partial charge in [-0.2, -0.15) is 5.10 Å². The van der Waals surface area contributed by atoms with Gasteiger partial charge in [0.05, 0.1) is 17.1 Å². The van der Waals surface area contributed by atoms with Crippen LogP contribution in [0.1, 0.15) is 28.9 Å². The van der Waals surface area contributed by atoms with Crippen molar-refractivity contribution in [3.8, 4) is 0 Å². The van der Waals surface area contributed by atoms with E-state index in [-0.39, 0.29) is 53.9 Å². The van der Waals surface area contributed by atoms with Gasteiger partial charge in [-0.25, -0.2) is 4.39 Å². The number of carbonyl (C=O) groups excluding carboxylic acids is 3. The molecule has 1 heterocycles. The topological polar surface area (TPSA) is 162 Å². The number of nitrogens with zero attached hydrogens (tertiary/aromatic N) is 3. The number of primary amides is 1. The number of nitrogens with two attached hydrogens (primary N) is 3. The first-order chi connectivity index (χ1) is 16.6. The summed E-state index contributed by atoms with van der Waals surface area (Å²) < 4.78 is 15.5. The maximum atomic E-state index is 14.1. The number of hydrogen-bond donors (Lipinski definition) is 4. The van der Waals surface area contributed by atoms with Crippen molar-refractivity contribution in [3.05, 3.63) is 58.5 Å². The predicted octanol–water partition coefficient (Wildman–Crippen LogP) is 1.14. The number of nitrogens with one attached hydrogen (secondary N) is 1. The Morgan fingerprint density at radius 3 is 2.66 bits per heavy atom. The van der Waals surface area contributed by atoms with Crippen LogP contribution in [0, 0.1) is 5.82 Å². The standard InChI is InChI=1S/C23H25ClFN7O3/c24-17-3-1-2-12(21(17)25)9-29-19(33)10-31(15-6-14(27)7-15)20(34)11-32-18-5-4-13(26)8-16(18)22(30-32)23(28)35/h1-5,8,14-15H,6-7,9-11,26-27H2,(H2,28,35)(H,29,33)/t14-,15-. The maximum Gasteiger partial charge on any atom is 0.269 e. The number of amides is 3. The van der Waals surface area contributed by atoms with Crippen LogP contribution in [0.15, 0.2) is 36.4 Å². The lowest BCUT2D eigenvalue weighted by molar-refractivity contribution is -0.141. The zero-order valence-electron chi connectivity index (χ0n) is 18.7. The summed E-state index contributed by atoms with van der Waals surface area (Å²) in [5, 5.41) is 7.22. The van der Waals surface area contributed by atoms with Gasteiger partial charge in [0.25, 0.3) is 5.91 Å². The van der Waals surface area contributed by atoms with Gasteiger partial charge in [-0.3, -0.25) is 19.1 Å². The molecular formula is C23H25ClFN7O3. The molecule has 1 aliphatic carbocycles. The minimum absolute atomic E-state index is 0.00129. The molecule has 1 aromatic heterocycles. The van der Waals surface area contributed by atoms with E-state index in [0.717, 1.165) is 0 Å². The molecule has 0 aliphatic heterocycles. The van der Waals surface area contributed by atoms with E-state index in [9.17, 15) is 18.8 Å². The van der Waals surface area contributed by atoms with Gasteiger partial charge in [0.1, 0.15) is 12.4 Å². The summed E-state index contributed by atoms with van der Waals surface area (Å²) in [6.45, 7) is -0.548. The summed E-state index contributed by atoms with van der Waals surface area (Å²) in [4.78, 5) is 39.2. The molecule has 0 unspecified atom stereocenters. The molecule has 184 valence electrons. The molecular weight excluding hydrogens is 477 g/mol. The Labute approximate surface area is 205 Å². The number of halogens is 2. The minimum atomic E-state index is -0.749. The van der Waals surface area contributed by atoms with Crippen LogP contribution in [0.5, 0.6) is 0 Å². The second-order valence-electron chi connectivity index (χ2n) is 8.54. The van der Waals surface area contributed by atoms with E-state index in [1.165, 1.54) is 21.7 Å². The molecule has 1 fully saturated rings. The van der Waals surface area contributed by atoms with Gasteiger partial charge in [0.2, 0.25) is 11.8 Å². The van der Waals surface area contributed by atoms with Crippen molar-refractivity contribution in [2.24, 2.45) is 11.5 Å². The SMILES string of the molecule is NC(=O)c1nn(CC(=O)N(CC(=O)NCc2cccc(Cl)c2F)[C@H]2C[C@H](N)C2)c2ccc(N)cc12. The lowest BCUT2D eigenvalue weighted by Gasteiger charge is -2.41. The van der Waals surface area contributed by atoms with Gasteiger partial charge in [0.15, 0.2) is 5.69 Å². The molecule has 0 saturated heterocycles. The minimum Gasteiger partial charge on any atom is -0.399 e. The molecule has 1 saturated carbocycles. The molecule has 0 spiro atoms. The molecule has 4 rings (SSSR count). The van der Waals surface area contributed by atoms with Crippen LogP contribution in [0.4, 0.5) is 10.1 Å². The lowest BCUT2D eigenvalue weighted by Crippen LogP contribution is -2.55. The summed E-state index contributed by atoms with van der Waals surface area (Å²) in [5.74, 6) is -2.21. The van der Waals surface area contributed by atoms with Crippen LogP contribution in [-0.2, 0) is 22.7 Å². The number of rotatable bonds is 8. The molecule has 10 nitrogen and oxygen atoms in total. The predicted molar refractivity (Wildman–Crippen MR) is 129 cm³/mol. The van der Waals surface area contributed by atoms with Crippen LogP contribution >= 0.6 is 11.6 Å². The highest BCUT2D eigenvalue weighted by molar-refractivity contribution is 6.30. The van der Waals surface area contributed by atoms with Gasteiger partial charge in [0, 0.05) is 35.3 Å². The third kappa shape index (κ3) is 5.20. The van der Waals surface area contributed by atoms with Crippen LogP contribution in [0.3, 0.4) is 0 Å². The highest BCUT2D eigenvalue weighted by Gasteiger charge is 2.35. The summed E-state index contributed by atoms with van der Waals surface area (Å²) in [7, 11) is 0. The van der Waals surface area contributed by atoms with Crippen LogP contribution in [0.2, 0.25) is 5.02 Å². The number of aromatic nitrogens is 2. The Hall–Kier alpha value is -3.70. The van der Waals surface area contributed by atoms with E-state index in [1.807, 2.05) is 0 Å². The summed E-state index contributed by atoms with van der Waals surface area (Å²) in [6, 6.07) is 9.07. The second kappa shape index (κ2) is 9.88. The van der Waals surface area contributed by atoms with Crippen LogP contribution in [0.25, 0.3) is 10.9 Å². The van der Waals surface area contributed by atoms with E-state index in [4.69, 9.17) is 28.8 Å². The highest BCUT2D eigenvalue weighted by atomic mass is 35.5. The van der Waals surface area contributed by atoms with Gasteiger partial charge in [-0.1, -0.05) is 23.7 Å². The van der Waals surface area contributed by atoms with Crippen LogP contribution in [-0.4, -0.2) is 51.0 Å². The lowest BCUT2D eigenvalue weighted by atomic mass is 9.86. The molecule has 1 aliphatic rings. The number of benzene rings is 2. The third-order valence-electron chi connectivity index (χ3n) is 6.03. The zero-order valence-corrected chi connectivity index (χ0v) is 19.5. The van der Waals surface area contributed by atoms with Crippen molar-refractivity contribution < 1.29 is 18.8 Å². The largest absolute Gasteiger partial charge is 0.399 e. The fraction of sp³-hybridized carbons (Fsp3) is 0.304. The van der Waals surface area contributed by atoms with Crippen LogP contribution < -0.4 is 22.5 Å². The zero-order chi connectivity index (χ0) is 25.3. The average molecular weight is 502 g/mol. The van der Waals surface area contributed by atoms with Crippen molar-refractivity contribution in [3.63, 3.8) is 0 Å². The number of fused-ring (bicyclic) bond motifs is 1. The van der Waals surface area contributed by atoms with Gasteiger partial charge in [-0.05, 0) is 37.1 Å². The number of anilines is 1. The first-order valence-corrected chi connectivity index (χ1v) is 11.3. The summed E-state index contributed by atoms with van der Waals surface area (Å²) >= 11 is 5.79. The van der Waals surface area contributed by atoms with Crippen molar-refractivity contribution in [1.82, 2.24) is 20.0 Å². The van der Waals surface area contributed by atoms with E-state index >= 15 is 0 Å². The third-order valence-corrected chi connectivity index (χ3v) is 6.32. The molecule has 0 radical (unpaired) electrons. The monoisotopic (exact) mass is 501 g/mol. The quantitative estimate of drug-likeness (QED) is 0.338. The Kier molecular flexibility index (Phi) is 6.90. The molecule has 0 bridgehead atoms. The Balaban J connectivity index is 1.50. The van der Waals surface area contributed by atoms with Crippen molar-refractivity contribution >= 4 is 45.9 Å². The smallest absolute Gasteiger partial charge is 0.269 e. The molecule has 12 heteroatoms. The molecule has 0 atom stereocenters. The first-order valence-electron chi connectivity index (χ1n) is 10.9. The highest BCUT2D eigenvalue weighted by Crippen LogP contribution is 2.26. The van der Waals surface area contributed by atoms with Crippen molar-refractivity contribution in [2.45, 2.75) is 38.0 Å². The summed E-state index contributed by atoms with van der Waals surface area (Å²) in [5.41, 5.74) is 18.3. The number of nitrogen functional groups attached to an aromatic ring is 1. The Bertz CT molecular complexity index is 1310. The number of hydrogen-bond acceptors (Lipinski definition) is 6. The van der Waals surface area contributed by atoms with Gasteiger partial charge < -0.3 is 27.4 Å². The fourth-order valence-electron chi connectivity index (χ4n) is 4.11. The second-order valence-corrected chi connectivity index (χ2v) is 8.95. The fourth-order valence-corrected chi connectivity index (χ4v) is 4.31. The number of carbonyl (C=O) groups is 3. The summed E-state index contributed by atoms with van der Waals surface area (Å²) in [6.07, 6.45) is 1.09. The van der Waals surface area contributed by atoms with Crippen molar-refractivity contribution in [2.75, 3.05) is 12.3 Å². The van der Waals surface area contributed by atoms with E-state index in [2.05, 4.69) is 10.4 Å². The Morgan fingerprint density at radius 1 is 1.23 bits per heavy atom. The van der Waals surface area contributed by atoms with E-state index < -0.39 is 17.6 Å². The van der Waals surface area contributed by atoms with E-state index in [0.29, 0.717) is 29.4 Å². The average Bonchev–Trinajstić information content (AvgIpc) is 3.14. The molecule has 2 aromatic carbocycles. The van der Waals surface area contributed by atoms with Crippen molar-refractivity contribution in [1.29, 1.82) is 0 Å². The Morgan fingerprint density at radius 2 is 1.97 bits per heavy atom. The van der Waals surface area contributed by atoms with Gasteiger partial charge >= 0.3 is 0 Å². The first kappa shape index (κ1) is 24.4. The molecule has 3 amide bonds. The maximum absolute atomic E-state index is 14.1. The van der Waals surface area contributed by atoms with E-state index in [1.54, 1.807) is 24.3 Å². The van der Waals surface area contributed by atoms with Gasteiger partial charge in [-0.15, -0.1) is 0 Å². The molecule has 35 heavy (non-hydrogen) atoms. The molecule has 7 N–H and O–H groups in total.